The Hall–Kier alpha value is -2.04. The molecule has 26 heavy (non-hydrogen) atoms. The highest BCUT2D eigenvalue weighted by molar-refractivity contribution is 6.30. The van der Waals surface area contributed by atoms with Gasteiger partial charge in [0.25, 0.3) is 0 Å². The lowest BCUT2D eigenvalue weighted by Gasteiger charge is -2.19. The second kappa shape index (κ2) is 10.2. The van der Waals surface area contributed by atoms with Crippen molar-refractivity contribution in [2.75, 3.05) is 0 Å². The molecular formula is C20H22Cl2O4. The first-order valence-corrected chi connectivity index (χ1v) is 8.73. The van der Waals surface area contributed by atoms with Gasteiger partial charge >= 0.3 is 11.9 Å². The minimum atomic E-state index is -0.827. The first kappa shape index (κ1) is 22.0. The van der Waals surface area contributed by atoms with E-state index in [9.17, 15) is 9.59 Å². The molecule has 4 nitrogen and oxygen atoms in total. The van der Waals surface area contributed by atoms with Crippen LogP contribution in [-0.4, -0.2) is 22.6 Å². The molecule has 2 rings (SSSR count). The number of rotatable bonds is 4. The van der Waals surface area contributed by atoms with Crippen LogP contribution in [0.15, 0.2) is 48.5 Å². The number of hydrogen-bond acceptors (Lipinski definition) is 3. The van der Waals surface area contributed by atoms with Crippen molar-refractivity contribution in [2.24, 2.45) is 0 Å². The zero-order valence-corrected chi connectivity index (χ0v) is 16.5. The highest BCUT2D eigenvalue weighted by Crippen LogP contribution is 2.13. The summed E-state index contributed by atoms with van der Waals surface area (Å²) in [4.78, 5) is 21.7. The lowest BCUT2D eigenvalue weighted by Crippen LogP contribution is -2.24. The average Bonchev–Trinajstić information content (AvgIpc) is 2.50. The van der Waals surface area contributed by atoms with Gasteiger partial charge in [-0.1, -0.05) is 47.5 Å². The van der Waals surface area contributed by atoms with E-state index in [2.05, 4.69) is 0 Å². The summed E-state index contributed by atoms with van der Waals surface area (Å²) in [5.74, 6) is -1.04. The average molecular weight is 397 g/mol. The maximum absolute atomic E-state index is 11.5. The van der Waals surface area contributed by atoms with E-state index in [1.54, 1.807) is 36.4 Å². The van der Waals surface area contributed by atoms with Crippen LogP contribution in [0.4, 0.5) is 0 Å². The van der Waals surface area contributed by atoms with E-state index in [0.29, 0.717) is 10.0 Å². The maximum atomic E-state index is 11.5. The van der Waals surface area contributed by atoms with Crippen molar-refractivity contribution in [2.45, 2.75) is 39.2 Å². The molecule has 0 aliphatic heterocycles. The summed E-state index contributed by atoms with van der Waals surface area (Å²) in [5, 5.41) is 9.70. The van der Waals surface area contributed by atoms with Gasteiger partial charge in [-0.2, -0.15) is 0 Å². The van der Waals surface area contributed by atoms with Crippen LogP contribution in [0.2, 0.25) is 10.0 Å². The van der Waals surface area contributed by atoms with Crippen LogP contribution in [0, 0.1) is 0 Å². The smallest absolute Gasteiger partial charge is 0.310 e. The van der Waals surface area contributed by atoms with Crippen molar-refractivity contribution >= 4 is 35.1 Å². The summed E-state index contributed by atoms with van der Waals surface area (Å²) in [6, 6.07) is 14.0. The van der Waals surface area contributed by atoms with Crippen LogP contribution < -0.4 is 0 Å². The third kappa shape index (κ3) is 10.1. The Kier molecular flexibility index (Phi) is 8.62. The molecule has 140 valence electrons. The molecule has 0 atom stereocenters. The third-order valence-corrected chi connectivity index (χ3v) is 3.45. The quantitative estimate of drug-likeness (QED) is 0.721. The van der Waals surface area contributed by atoms with Gasteiger partial charge in [-0.3, -0.25) is 9.59 Å². The number of ether oxygens (including phenoxy) is 1. The topological polar surface area (TPSA) is 63.6 Å². The Morgan fingerprint density at radius 2 is 1.23 bits per heavy atom. The number of carbonyl (C=O) groups is 2. The monoisotopic (exact) mass is 396 g/mol. The number of aliphatic carboxylic acids is 1. The highest BCUT2D eigenvalue weighted by atomic mass is 35.5. The predicted octanol–water partition coefficient (Wildman–Crippen LogP) is 5.19. The molecule has 0 bridgehead atoms. The second-order valence-electron chi connectivity index (χ2n) is 6.59. The van der Waals surface area contributed by atoms with Gasteiger partial charge in [0.15, 0.2) is 0 Å². The molecule has 0 fully saturated rings. The normalized spacial score (nSPS) is 10.5. The first-order chi connectivity index (χ1) is 12.0. The Morgan fingerprint density at radius 1 is 0.846 bits per heavy atom. The molecule has 1 N–H and O–H groups in total. The molecule has 6 heteroatoms. The van der Waals surface area contributed by atoms with E-state index in [-0.39, 0.29) is 18.8 Å². The van der Waals surface area contributed by atoms with Gasteiger partial charge in [0, 0.05) is 10.0 Å². The zero-order valence-electron chi connectivity index (χ0n) is 15.0. The maximum Gasteiger partial charge on any atom is 0.310 e. The number of carboxylic acids is 1. The summed E-state index contributed by atoms with van der Waals surface area (Å²) in [6.45, 7) is 5.56. The van der Waals surface area contributed by atoms with Crippen molar-refractivity contribution in [1.29, 1.82) is 0 Å². The van der Waals surface area contributed by atoms with Gasteiger partial charge in [0.2, 0.25) is 0 Å². The van der Waals surface area contributed by atoms with Crippen LogP contribution >= 0.6 is 23.2 Å². The largest absolute Gasteiger partial charge is 0.481 e. The lowest BCUT2D eigenvalue weighted by atomic mass is 10.1. The fraction of sp³-hybridized carbons (Fsp3) is 0.300. The van der Waals surface area contributed by atoms with Crippen molar-refractivity contribution in [1.82, 2.24) is 0 Å². The van der Waals surface area contributed by atoms with Gasteiger partial charge in [-0.25, -0.2) is 0 Å². The van der Waals surface area contributed by atoms with E-state index in [0.717, 1.165) is 11.1 Å². The van der Waals surface area contributed by atoms with Gasteiger partial charge in [-0.15, -0.1) is 0 Å². The number of hydrogen-bond donors (Lipinski definition) is 1. The zero-order chi connectivity index (χ0) is 19.7. The SMILES string of the molecule is CC(C)(C)OC(=O)Cc1ccc(Cl)cc1.O=C(O)Cc1ccc(Cl)cc1. The van der Waals surface area contributed by atoms with E-state index >= 15 is 0 Å². The molecule has 0 heterocycles. The number of halogens is 2. The molecule has 2 aromatic rings. The van der Waals surface area contributed by atoms with E-state index in [4.69, 9.17) is 33.0 Å². The number of carbonyl (C=O) groups excluding carboxylic acids is 1. The molecule has 0 aliphatic rings. The standard InChI is InChI=1S/C12H15ClO2.C8H7ClO2/c1-12(2,3)15-11(14)8-9-4-6-10(13)7-5-9;9-7-3-1-6(2-4-7)5-8(10)11/h4-7H,8H2,1-3H3;1-4H,5H2,(H,10,11). The molecule has 0 aromatic heterocycles. The fourth-order valence-corrected chi connectivity index (χ4v) is 2.18. The van der Waals surface area contributed by atoms with E-state index in [1.165, 1.54) is 0 Å². The number of carboxylic acid groups (broad SMARTS) is 1. The molecule has 0 spiro atoms. The van der Waals surface area contributed by atoms with Crippen molar-refractivity contribution in [3.8, 4) is 0 Å². The molecule has 0 unspecified atom stereocenters. The highest BCUT2D eigenvalue weighted by Gasteiger charge is 2.16. The first-order valence-electron chi connectivity index (χ1n) is 7.98. The summed E-state index contributed by atoms with van der Waals surface area (Å²) in [7, 11) is 0. The fourth-order valence-electron chi connectivity index (χ4n) is 1.92. The van der Waals surface area contributed by atoms with Crippen molar-refractivity contribution < 1.29 is 19.4 Å². The van der Waals surface area contributed by atoms with Gasteiger partial charge < -0.3 is 9.84 Å². The van der Waals surface area contributed by atoms with E-state index < -0.39 is 11.6 Å². The van der Waals surface area contributed by atoms with Crippen molar-refractivity contribution in [3.05, 3.63) is 69.7 Å². The summed E-state index contributed by atoms with van der Waals surface area (Å²) in [5.41, 5.74) is 1.25. The second-order valence-corrected chi connectivity index (χ2v) is 7.46. The van der Waals surface area contributed by atoms with Gasteiger partial charge in [-0.05, 0) is 56.2 Å². The van der Waals surface area contributed by atoms with Crippen LogP contribution in [-0.2, 0) is 27.2 Å². The predicted molar refractivity (Wildman–Crippen MR) is 104 cm³/mol. The third-order valence-electron chi connectivity index (χ3n) is 2.95. The summed E-state index contributed by atoms with van der Waals surface area (Å²) >= 11 is 11.3. The Labute approximate surface area is 163 Å². The molecule has 0 radical (unpaired) electrons. The molecule has 0 saturated carbocycles. The molecular weight excluding hydrogens is 375 g/mol. The van der Waals surface area contributed by atoms with Crippen molar-refractivity contribution in [3.63, 3.8) is 0 Å². The van der Waals surface area contributed by atoms with Crippen LogP contribution in [0.5, 0.6) is 0 Å². The summed E-state index contributed by atoms with van der Waals surface area (Å²) in [6.07, 6.45) is 0.339. The Balaban J connectivity index is 0.000000273. The van der Waals surface area contributed by atoms with Crippen LogP contribution in [0.3, 0.4) is 0 Å². The molecule has 0 saturated heterocycles. The number of benzene rings is 2. The molecule has 0 amide bonds. The van der Waals surface area contributed by atoms with E-state index in [1.807, 2.05) is 32.9 Å². The molecule has 2 aromatic carbocycles. The minimum absolute atomic E-state index is 0.0527. The van der Waals surface area contributed by atoms with Crippen LogP contribution in [0.25, 0.3) is 0 Å². The Bertz CT molecular complexity index is 717. The minimum Gasteiger partial charge on any atom is -0.481 e. The summed E-state index contributed by atoms with van der Waals surface area (Å²) < 4.78 is 5.20. The Morgan fingerprint density at radius 3 is 1.58 bits per heavy atom. The van der Waals surface area contributed by atoms with Gasteiger partial charge in [0.1, 0.15) is 5.60 Å². The van der Waals surface area contributed by atoms with Crippen LogP contribution in [0.1, 0.15) is 31.9 Å². The lowest BCUT2D eigenvalue weighted by molar-refractivity contribution is -0.153. The van der Waals surface area contributed by atoms with Gasteiger partial charge in [0.05, 0.1) is 12.8 Å². The molecule has 0 aliphatic carbocycles. The number of esters is 1.